The third kappa shape index (κ3) is 5.76. The Morgan fingerprint density at radius 2 is 1.70 bits per heavy atom. The van der Waals surface area contributed by atoms with E-state index in [-0.39, 0.29) is 17.0 Å². The summed E-state index contributed by atoms with van der Waals surface area (Å²) in [4.78, 5) is 34.4. The van der Waals surface area contributed by atoms with Gasteiger partial charge in [-0.15, -0.1) is 0 Å². The fourth-order valence-electron chi connectivity index (χ4n) is 2.53. The minimum Gasteiger partial charge on any atom is -0.468 e. The molecule has 2 rings (SSSR count). The molecule has 0 aliphatic carbocycles. The van der Waals surface area contributed by atoms with Crippen LogP contribution in [0, 0.1) is 0 Å². The van der Waals surface area contributed by atoms with Crippen LogP contribution < -0.4 is 5.32 Å². The van der Waals surface area contributed by atoms with Crippen molar-refractivity contribution in [2.75, 3.05) is 33.4 Å². The molecule has 0 unspecified atom stereocenters. The van der Waals surface area contributed by atoms with Crippen LogP contribution in [0.15, 0.2) is 29.2 Å². The standard InChI is InChI=1S/C17H22N2O7S/c1-25-16(21)11-18-15(20)12-26-17(22)13-5-7-14(8-6-13)27(23,24)19-9-3-2-4-10-19/h5-8H,2-4,9-12H2,1H3,(H,18,20). The number of esters is 2. The molecule has 1 aromatic rings. The summed E-state index contributed by atoms with van der Waals surface area (Å²) in [7, 11) is -2.39. The molecule has 0 atom stereocenters. The summed E-state index contributed by atoms with van der Waals surface area (Å²) in [5.74, 6) is -2.05. The van der Waals surface area contributed by atoms with Crippen LogP contribution in [0.1, 0.15) is 29.6 Å². The van der Waals surface area contributed by atoms with Gasteiger partial charge in [-0.2, -0.15) is 4.31 Å². The maximum atomic E-state index is 12.6. The predicted octanol–water partition coefficient (Wildman–Crippen LogP) is 0.307. The first-order valence-corrected chi connectivity index (χ1v) is 9.89. The number of hydrogen-bond donors (Lipinski definition) is 1. The van der Waals surface area contributed by atoms with Crippen LogP contribution in [0.25, 0.3) is 0 Å². The van der Waals surface area contributed by atoms with E-state index in [9.17, 15) is 22.8 Å². The number of rotatable bonds is 7. The molecule has 0 saturated carbocycles. The number of ether oxygens (including phenoxy) is 2. The van der Waals surface area contributed by atoms with Gasteiger partial charge in [-0.05, 0) is 37.1 Å². The monoisotopic (exact) mass is 398 g/mol. The van der Waals surface area contributed by atoms with E-state index < -0.39 is 34.5 Å². The minimum absolute atomic E-state index is 0.108. The number of nitrogens with one attached hydrogen (secondary N) is 1. The van der Waals surface area contributed by atoms with Crippen molar-refractivity contribution < 1.29 is 32.3 Å². The van der Waals surface area contributed by atoms with Crippen LogP contribution in [-0.2, 0) is 29.1 Å². The van der Waals surface area contributed by atoms with Gasteiger partial charge in [0.25, 0.3) is 5.91 Å². The number of carbonyl (C=O) groups is 3. The average molecular weight is 398 g/mol. The maximum absolute atomic E-state index is 12.6. The second-order valence-electron chi connectivity index (χ2n) is 5.92. The largest absolute Gasteiger partial charge is 0.468 e. The van der Waals surface area contributed by atoms with Gasteiger partial charge in [-0.1, -0.05) is 6.42 Å². The molecule has 1 N–H and O–H groups in total. The van der Waals surface area contributed by atoms with E-state index in [0.717, 1.165) is 19.3 Å². The molecule has 1 fully saturated rings. The topological polar surface area (TPSA) is 119 Å². The highest BCUT2D eigenvalue weighted by molar-refractivity contribution is 7.89. The molecular formula is C17H22N2O7S. The number of carbonyl (C=O) groups excluding carboxylic acids is 3. The summed E-state index contributed by atoms with van der Waals surface area (Å²) in [6.07, 6.45) is 2.69. The Bertz CT molecular complexity index is 784. The minimum atomic E-state index is -3.57. The summed E-state index contributed by atoms with van der Waals surface area (Å²) in [6, 6.07) is 5.37. The van der Waals surface area contributed by atoms with Gasteiger partial charge in [-0.3, -0.25) is 9.59 Å². The maximum Gasteiger partial charge on any atom is 0.338 e. The van der Waals surface area contributed by atoms with Crippen molar-refractivity contribution in [1.29, 1.82) is 0 Å². The number of hydrogen-bond acceptors (Lipinski definition) is 7. The second kappa shape index (κ2) is 9.47. The number of methoxy groups -OCH3 is 1. The fourth-order valence-corrected chi connectivity index (χ4v) is 4.04. The molecule has 1 heterocycles. The Balaban J connectivity index is 1.91. The van der Waals surface area contributed by atoms with Crippen molar-refractivity contribution in [2.24, 2.45) is 0 Å². The Morgan fingerprint density at radius 1 is 1.07 bits per heavy atom. The smallest absolute Gasteiger partial charge is 0.338 e. The van der Waals surface area contributed by atoms with Crippen molar-refractivity contribution in [2.45, 2.75) is 24.2 Å². The first-order valence-electron chi connectivity index (χ1n) is 8.45. The van der Waals surface area contributed by atoms with Gasteiger partial charge in [0, 0.05) is 13.1 Å². The van der Waals surface area contributed by atoms with Crippen LogP contribution >= 0.6 is 0 Å². The lowest BCUT2D eigenvalue weighted by Crippen LogP contribution is -2.35. The molecule has 10 heteroatoms. The first kappa shape index (κ1) is 20.8. The summed E-state index contributed by atoms with van der Waals surface area (Å²) in [6.45, 7) is 0.0964. The molecule has 0 radical (unpaired) electrons. The van der Waals surface area contributed by atoms with Gasteiger partial charge >= 0.3 is 11.9 Å². The number of sulfonamides is 1. The highest BCUT2D eigenvalue weighted by Gasteiger charge is 2.26. The quantitative estimate of drug-likeness (QED) is 0.656. The number of piperidine rings is 1. The van der Waals surface area contributed by atoms with Crippen molar-refractivity contribution in [3.05, 3.63) is 29.8 Å². The molecule has 0 bridgehead atoms. The normalized spacial score (nSPS) is 15.0. The number of amides is 1. The summed E-state index contributed by atoms with van der Waals surface area (Å²) in [5.41, 5.74) is 0.119. The lowest BCUT2D eigenvalue weighted by Gasteiger charge is -2.25. The zero-order chi connectivity index (χ0) is 19.9. The molecule has 1 saturated heterocycles. The van der Waals surface area contributed by atoms with E-state index in [1.54, 1.807) is 0 Å². The van der Waals surface area contributed by atoms with Gasteiger partial charge < -0.3 is 14.8 Å². The Morgan fingerprint density at radius 3 is 2.30 bits per heavy atom. The first-order chi connectivity index (χ1) is 12.8. The van der Waals surface area contributed by atoms with Crippen molar-refractivity contribution >= 4 is 27.9 Å². The third-order valence-electron chi connectivity index (χ3n) is 4.03. The fraction of sp³-hybridized carbons (Fsp3) is 0.471. The molecule has 1 amide bonds. The van der Waals surface area contributed by atoms with E-state index in [4.69, 9.17) is 4.74 Å². The van der Waals surface area contributed by atoms with Gasteiger partial charge in [0.05, 0.1) is 17.6 Å². The highest BCUT2D eigenvalue weighted by Crippen LogP contribution is 2.21. The van der Waals surface area contributed by atoms with Crippen LogP contribution in [0.4, 0.5) is 0 Å². The molecule has 9 nitrogen and oxygen atoms in total. The molecular weight excluding hydrogens is 376 g/mol. The summed E-state index contributed by atoms with van der Waals surface area (Å²) in [5, 5.41) is 2.23. The molecule has 1 aromatic carbocycles. The van der Waals surface area contributed by atoms with Gasteiger partial charge in [0.2, 0.25) is 10.0 Å². The van der Waals surface area contributed by atoms with Crippen LogP contribution in [0.5, 0.6) is 0 Å². The number of nitrogens with zero attached hydrogens (tertiary/aromatic N) is 1. The SMILES string of the molecule is COC(=O)CNC(=O)COC(=O)c1ccc(S(=O)(=O)N2CCCCC2)cc1. The van der Waals surface area contributed by atoms with E-state index in [1.165, 1.54) is 35.7 Å². The Labute approximate surface area is 157 Å². The zero-order valence-electron chi connectivity index (χ0n) is 15.0. The van der Waals surface area contributed by atoms with Crippen molar-refractivity contribution in [3.63, 3.8) is 0 Å². The van der Waals surface area contributed by atoms with E-state index >= 15 is 0 Å². The van der Waals surface area contributed by atoms with Gasteiger partial charge in [0.1, 0.15) is 6.54 Å². The highest BCUT2D eigenvalue weighted by atomic mass is 32.2. The molecule has 1 aliphatic heterocycles. The van der Waals surface area contributed by atoms with E-state index in [2.05, 4.69) is 10.1 Å². The third-order valence-corrected chi connectivity index (χ3v) is 5.95. The summed E-state index contributed by atoms with van der Waals surface area (Å²) < 4.78 is 35.7. The molecule has 0 aromatic heterocycles. The lowest BCUT2D eigenvalue weighted by molar-refractivity contribution is -0.141. The van der Waals surface area contributed by atoms with Gasteiger partial charge in [0.15, 0.2) is 6.61 Å². The van der Waals surface area contributed by atoms with E-state index in [0.29, 0.717) is 13.1 Å². The van der Waals surface area contributed by atoms with E-state index in [1.807, 2.05) is 0 Å². The average Bonchev–Trinajstić information content (AvgIpc) is 2.70. The Hall–Kier alpha value is -2.46. The summed E-state index contributed by atoms with van der Waals surface area (Å²) >= 11 is 0. The van der Waals surface area contributed by atoms with Crippen molar-refractivity contribution in [3.8, 4) is 0 Å². The van der Waals surface area contributed by atoms with Crippen LogP contribution in [0.3, 0.4) is 0 Å². The number of benzene rings is 1. The predicted molar refractivity (Wildman–Crippen MR) is 94.4 cm³/mol. The molecule has 27 heavy (non-hydrogen) atoms. The molecule has 0 spiro atoms. The van der Waals surface area contributed by atoms with Crippen molar-refractivity contribution in [1.82, 2.24) is 9.62 Å². The second-order valence-corrected chi connectivity index (χ2v) is 7.86. The molecule has 1 aliphatic rings. The lowest BCUT2D eigenvalue weighted by atomic mass is 10.2. The van der Waals surface area contributed by atoms with Gasteiger partial charge in [-0.25, -0.2) is 13.2 Å². The zero-order valence-corrected chi connectivity index (χ0v) is 15.8. The Kier molecular flexibility index (Phi) is 7.31. The van der Waals surface area contributed by atoms with Crippen LogP contribution in [-0.4, -0.2) is 63.9 Å². The van der Waals surface area contributed by atoms with Crippen LogP contribution in [0.2, 0.25) is 0 Å². The molecule has 148 valence electrons.